The maximum Gasteiger partial charge on any atom is 0.335 e. The fourth-order valence-electron chi connectivity index (χ4n) is 4.87. The average molecular weight is 543 g/mol. The van der Waals surface area contributed by atoms with E-state index in [0.717, 1.165) is 18.7 Å². The van der Waals surface area contributed by atoms with Gasteiger partial charge in [-0.05, 0) is 58.4 Å². The summed E-state index contributed by atoms with van der Waals surface area (Å²) in [5.41, 5.74) is 8.12. The molecular formula is C27H29F3N6O3. The van der Waals surface area contributed by atoms with Gasteiger partial charge in [-0.3, -0.25) is 5.01 Å². The second kappa shape index (κ2) is 10.0. The maximum atomic E-state index is 15.6. The van der Waals surface area contributed by atoms with Crippen LogP contribution in [0.1, 0.15) is 50.8 Å². The number of ether oxygens (including phenoxy) is 2. The zero-order chi connectivity index (χ0) is 27.9. The van der Waals surface area contributed by atoms with Gasteiger partial charge in [0.2, 0.25) is 5.82 Å². The Morgan fingerprint density at radius 1 is 1.15 bits per heavy atom. The van der Waals surface area contributed by atoms with Crippen LogP contribution >= 0.6 is 0 Å². The number of nitrogens with zero attached hydrogens (tertiary/aromatic N) is 3. The number of piperidine rings is 1. The fraction of sp³-hybridized carbons (Fsp3) is 0.370. The number of benzene rings is 2. The van der Waals surface area contributed by atoms with Crippen LogP contribution in [0.3, 0.4) is 0 Å². The van der Waals surface area contributed by atoms with Crippen LogP contribution in [0.15, 0.2) is 42.7 Å². The fourth-order valence-corrected chi connectivity index (χ4v) is 4.87. The van der Waals surface area contributed by atoms with Gasteiger partial charge in [0.25, 0.3) is 0 Å². The SMILES string of the molecule is CC(C)(C)OC(=O)[C@@]1(N2NC(c3ccc(Oc4cccc(F)c4F)cc3F)c3c(N)ncnc32)CCCNC1. The molecule has 2 aliphatic heterocycles. The molecule has 1 unspecified atom stereocenters. The molecule has 0 aliphatic carbocycles. The topological polar surface area (TPSA) is 115 Å². The number of hydrogen-bond acceptors (Lipinski definition) is 9. The van der Waals surface area contributed by atoms with Crippen LogP contribution in [0, 0.1) is 17.5 Å². The smallest absolute Gasteiger partial charge is 0.335 e. The third-order valence-electron chi connectivity index (χ3n) is 6.65. The number of carbonyl (C=O) groups is 1. The molecule has 0 bridgehead atoms. The number of carbonyl (C=O) groups excluding carboxylic acids is 1. The highest BCUT2D eigenvalue weighted by Gasteiger charge is 2.53. The Morgan fingerprint density at radius 3 is 2.64 bits per heavy atom. The molecule has 2 atom stereocenters. The summed E-state index contributed by atoms with van der Waals surface area (Å²) in [6.07, 6.45) is 2.42. The minimum Gasteiger partial charge on any atom is -0.458 e. The van der Waals surface area contributed by atoms with Crippen molar-refractivity contribution in [2.24, 2.45) is 0 Å². The molecule has 2 aliphatic rings. The van der Waals surface area contributed by atoms with E-state index < -0.39 is 40.6 Å². The van der Waals surface area contributed by atoms with Crippen molar-refractivity contribution >= 4 is 17.6 Å². The van der Waals surface area contributed by atoms with E-state index in [-0.39, 0.29) is 29.4 Å². The zero-order valence-electron chi connectivity index (χ0n) is 21.7. The number of rotatable bonds is 5. The zero-order valence-corrected chi connectivity index (χ0v) is 21.7. The van der Waals surface area contributed by atoms with Crippen LogP contribution in [0.4, 0.5) is 24.8 Å². The molecule has 39 heavy (non-hydrogen) atoms. The lowest BCUT2D eigenvalue weighted by Crippen LogP contribution is -2.67. The van der Waals surface area contributed by atoms with Crippen LogP contribution in [0.5, 0.6) is 11.5 Å². The van der Waals surface area contributed by atoms with Crippen molar-refractivity contribution in [1.82, 2.24) is 20.7 Å². The van der Waals surface area contributed by atoms with Crippen molar-refractivity contribution < 1.29 is 27.4 Å². The van der Waals surface area contributed by atoms with E-state index in [4.69, 9.17) is 15.2 Å². The molecule has 1 saturated heterocycles. The van der Waals surface area contributed by atoms with Crippen LogP contribution in [-0.4, -0.2) is 40.2 Å². The molecule has 2 aromatic carbocycles. The molecular weight excluding hydrogens is 513 g/mol. The van der Waals surface area contributed by atoms with Gasteiger partial charge in [-0.1, -0.05) is 12.1 Å². The molecule has 12 heteroatoms. The number of anilines is 2. The van der Waals surface area contributed by atoms with Crippen LogP contribution in [-0.2, 0) is 9.53 Å². The average Bonchev–Trinajstić information content (AvgIpc) is 3.27. The predicted octanol–water partition coefficient (Wildman–Crippen LogP) is 4.15. The monoisotopic (exact) mass is 542 g/mol. The van der Waals surface area contributed by atoms with Crippen molar-refractivity contribution in [3.63, 3.8) is 0 Å². The molecule has 0 spiro atoms. The van der Waals surface area contributed by atoms with Crippen molar-refractivity contribution in [1.29, 1.82) is 0 Å². The second-order valence-corrected chi connectivity index (χ2v) is 10.5. The normalized spacial score (nSPS) is 21.0. The molecule has 0 radical (unpaired) electrons. The molecule has 0 amide bonds. The Hall–Kier alpha value is -3.90. The van der Waals surface area contributed by atoms with Crippen LogP contribution in [0.25, 0.3) is 0 Å². The van der Waals surface area contributed by atoms with E-state index in [9.17, 15) is 13.6 Å². The van der Waals surface area contributed by atoms with Gasteiger partial charge in [0.1, 0.15) is 29.3 Å². The summed E-state index contributed by atoms with van der Waals surface area (Å²) < 4.78 is 54.4. The Balaban J connectivity index is 1.52. The largest absolute Gasteiger partial charge is 0.458 e. The first-order valence-corrected chi connectivity index (χ1v) is 12.5. The molecule has 5 rings (SSSR count). The van der Waals surface area contributed by atoms with E-state index >= 15 is 4.39 Å². The molecule has 1 fully saturated rings. The van der Waals surface area contributed by atoms with Gasteiger partial charge in [0.05, 0.1) is 11.6 Å². The number of fused-ring (bicyclic) bond motifs is 1. The Bertz CT molecular complexity index is 1410. The number of nitrogens with two attached hydrogens (primary N) is 1. The highest BCUT2D eigenvalue weighted by Crippen LogP contribution is 2.44. The summed E-state index contributed by atoms with van der Waals surface area (Å²) in [6.45, 7) is 6.36. The molecule has 206 valence electrons. The van der Waals surface area contributed by atoms with Crippen molar-refractivity contribution in [2.75, 3.05) is 23.8 Å². The van der Waals surface area contributed by atoms with Crippen LogP contribution < -0.4 is 26.2 Å². The Morgan fingerprint density at radius 2 is 1.95 bits per heavy atom. The van der Waals surface area contributed by atoms with Crippen LogP contribution in [0.2, 0.25) is 0 Å². The summed E-state index contributed by atoms with van der Waals surface area (Å²) in [4.78, 5) is 22.1. The van der Waals surface area contributed by atoms with E-state index in [2.05, 4.69) is 20.7 Å². The predicted molar refractivity (Wildman–Crippen MR) is 137 cm³/mol. The summed E-state index contributed by atoms with van der Waals surface area (Å²) in [5.74, 6) is -3.38. The molecule has 4 N–H and O–H groups in total. The van der Waals surface area contributed by atoms with Gasteiger partial charge in [0.15, 0.2) is 22.9 Å². The van der Waals surface area contributed by atoms with Crippen molar-refractivity contribution in [3.05, 3.63) is 71.3 Å². The van der Waals surface area contributed by atoms with Gasteiger partial charge in [-0.2, -0.15) is 4.39 Å². The molecule has 1 aromatic heterocycles. The van der Waals surface area contributed by atoms with Crippen molar-refractivity contribution in [2.45, 2.75) is 50.8 Å². The lowest BCUT2D eigenvalue weighted by molar-refractivity contribution is -0.163. The molecule has 3 heterocycles. The number of hydrazine groups is 1. The van der Waals surface area contributed by atoms with Crippen molar-refractivity contribution in [3.8, 4) is 11.5 Å². The van der Waals surface area contributed by atoms with Gasteiger partial charge < -0.3 is 20.5 Å². The number of halogens is 3. The van der Waals surface area contributed by atoms with E-state index in [1.54, 1.807) is 25.8 Å². The quantitative estimate of drug-likeness (QED) is 0.409. The number of aromatic nitrogens is 2. The summed E-state index contributed by atoms with van der Waals surface area (Å²) in [5, 5.41) is 4.87. The number of hydrogen-bond donors (Lipinski definition) is 3. The van der Waals surface area contributed by atoms with Gasteiger partial charge >= 0.3 is 5.97 Å². The minimum absolute atomic E-state index is 0.0326. The molecule has 9 nitrogen and oxygen atoms in total. The molecule has 3 aromatic rings. The first-order chi connectivity index (χ1) is 18.5. The lowest BCUT2D eigenvalue weighted by atomic mass is 9.89. The standard InChI is InChI=1S/C27H29F3N6O3/c1-26(2,3)39-25(37)27(10-5-11-32-13-27)36-24-20(23(31)33-14-34-24)22(35-36)16-9-8-15(12-18(16)29)38-19-7-4-6-17(28)21(19)30/h4,6-9,12,14,22,32,35H,5,10-11,13H2,1-3H3,(H2,31,33,34)/t22?,27-/m1/s1. The van der Waals surface area contributed by atoms with Gasteiger partial charge in [-0.15, -0.1) is 0 Å². The first kappa shape index (κ1) is 26.7. The highest BCUT2D eigenvalue weighted by atomic mass is 19.2. The Kier molecular flexibility index (Phi) is 6.85. The van der Waals surface area contributed by atoms with Gasteiger partial charge in [-0.25, -0.2) is 29.0 Å². The van der Waals surface area contributed by atoms with Gasteiger partial charge in [0, 0.05) is 18.2 Å². The summed E-state index contributed by atoms with van der Waals surface area (Å²) >= 11 is 0. The van der Waals surface area contributed by atoms with E-state index in [1.165, 1.54) is 30.6 Å². The Labute approximate surface area is 223 Å². The number of nitrogens with one attached hydrogen (secondary N) is 2. The number of nitrogen functional groups attached to an aromatic ring is 1. The maximum absolute atomic E-state index is 15.6. The second-order valence-electron chi connectivity index (χ2n) is 10.5. The first-order valence-electron chi connectivity index (χ1n) is 12.5. The third-order valence-corrected chi connectivity index (χ3v) is 6.65. The van der Waals surface area contributed by atoms with E-state index in [1.807, 2.05) is 0 Å². The van der Waals surface area contributed by atoms with E-state index in [0.29, 0.717) is 24.2 Å². The minimum atomic E-state index is -1.19. The third kappa shape index (κ3) is 4.97. The lowest BCUT2D eigenvalue weighted by Gasteiger charge is -2.44. The molecule has 0 saturated carbocycles. The highest BCUT2D eigenvalue weighted by molar-refractivity contribution is 5.87. The number of esters is 1. The summed E-state index contributed by atoms with van der Waals surface area (Å²) in [7, 11) is 0. The summed E-state index contributed by atoms with van der Waals surface area (Å²) in [6, 6.07) is 6.56.